The summed E-state index contributed by atoms with van der Waals surface area (Å²) in [5, 5.41) is 5.53. The first kappa shape index (κ1) is 20.8. The molecular formula is C26H21BN4O2. The minimum atomic E-state index is 0.369. The molecule has 0 spiro atoms. The Morgan fingerprint density at radius 3 is 2.18 bits per heavy atom. The van der Waals surface area contributed by atoms with Gasteiger partial charge in [-0.3, -0.25) is 9.67 Å². The Morgan fingerprint density at radius 1 is 0.818 bits per heavy atom. The van der Waals surface area contributed by atoms with Crippen LogP contribution >= 0.6 is 0 Å². The molecule has 0 N–H and O–H groups in total. The van der Waals surface area contributed by atoms with Crippen molar-refractivity contribution < 1.29 is 9.47 Å². The maximum atomic E-state index is 6.17. The molecule has 33 heavy (non-hydrogen) atoms. The maximum Gasteiger partial charge on any atom is 0.226 e. The van der Waals surface area contributed by atoms with Gasteiger partial charge in [-0.2, -0.15) is 10.1 Å². The Kier molecular flexibility index (Phi) is 5.76. The summed E-state index contributed by atoms with van der Waals surface area (Å²) in [7, 11) is 8.01. The predicted molar refractivity (Wildman–Crippen MR) is 129 cm³/mol. The van der Waals surface area contributed by atoms with Crippen molar-refractivity contribution in [2.24, 2.45) is 7.05 Å². The molecule has 5 rings (SSSR count). The lowest BCUT2D eigenvalue weighted by molar-refractivity contribution is 0.268. The number of ether oxygens (including phenoxy) is 2. The lowest BCUT2D eigenvalue weighted by atomic mass is 9.95. The summed E-state index contributed by atoms with van der Waals surface area (Å²) in [6, 6.07) is 23.7. The number of aromatic nitrogens is 4. The fraction of sp³-hybridized carbons (Fsp3) is 0.115. The summed E-state index contributed by atoms with van der Waals surface area (Å²) >= 11 is 0. The van der Waals surface area contributed by atoms with Crippen molar-refractivity contribution in [3.63, 3.8) is 0 Å². The lowest BCUT2D eigenvalue weighted by Crippen LogP contribution is -2.08. The van der Waals surface area contributed by atoms with Gasteiger partial charge in [-0.1, -0.05) is 66.1 Å². The Balaban J connectivity index is 1.51. The minimum Gasteiger partial charge on any atom is -0.473 e. The van der Waals surface area contributed by atoms with Gasteiger partial charge < -0.3 is 9.47 Å². The second kappa shape index (κ2) is 9.16. The van der Waals surface area contributed by atoms with Crippen LogP contribution in [-0.2, 0) is 20.3 Å². The average molecular weight is 432 g/mol. The highest BCUT2D eigenvalue weighted by Gasteiger charge is 2.18. The molecule has 7 heteroatoms. The normalized spacial score (nSPS) is 10.9. The Hall–Kier alpha value is -4.13. The van der Waals surface area contributed by atoms with Gasteiger partial charge in [-0.25, -0.2) is 0 Å². The van der Waals surface area contributed by atoms with E-state index in [-0.39, 0.29) is 0 Å². The molecule has 3 heterocycles. The molecule has 0 aliphatic carbocycles. The van der Waals surface area contributed by atoms with Gasteiger partial charge in [0.25, 0.3) is 0 Å². The van der Waals surface area contributed by atoms with E-state index in [0.29, 0.717) is 36.1 Å². The summed E-state index contributed by atoms with van der Waals surface area (Å²) in [6.45, 7) is 0.784. The van der Waals surface area contributed by atoms with Crippen LogP contribution in [0.1, 0.15) is 11.1 Å². The fourth-order valence-electron chi connectivity index (χ4n) is 3.71. The third kappa shape index (κ3) is 4.43. The summed E-state index contributed by atoms with van der Waals surface area (Å²) in [4.78, 5) is 8.92. The molecule has 0 saturated carbocycles. The number of fused-ring (bicyclic) bond motifs is 1. The Bertz CT molecular complexity index is 1390. The third-order valence-corrected chi connectivity index (χ3v) is 5.31. The van der Waals surface area contributed by atoms with Gasteiger partial charge in [0.2, 0.25) is 11.8 Å². The van der Waals surface area contributed by atoms with Gasteiger partial charge in [-0.05, 0) is 17.2 Å². The van der Waals surface area contributed by atoms with Gasteiger partial charge >= 0.3 is 0 Å². The van der Waals surface area contributed by atoms with Crippen molar-refractivity contribution in [2.75, 3.05) is 0 Å². The number of aryl methyl sites for hydroxylation is 1. The van der Waals surface area contributed by atoms with E-state index < -0.39 is 0 Å². The molecule has 0 amide bonds. The van der Waals surface area contributed by atoms with Crippen LogP contribution in [0.5, 0.6) is 11.8 Å². The number of pyridine rings is 2. The summed E-state index contributed by atoms with van der Waals surface area (Å²) in [5.74, 6) is 0.912. The molecule has 3 aromatic heterocycles. The molecular weight excluding hydrogens is 411 g/mol. The van der Waals surface area contributed by atoms with Crippen LogP contribution in [0.3, 0.4) is 0 Å². The maximum absolute atomic E-state index is 6.17. The Labute approximate surface area is 193 Å². The smallest absolute Gasteiger partial charge is 0.226 e. The van der Waals surface area contributed by atoms with Crippen LogP contribution in [0.25, 0.3) is 22.2 Å². The van der Waals surface area contributed by atoms with Gasteiger partial charge in [0.05, 0.1) is 11.1 Å². The minimum absolute atomic E-state index is 0.369. The molecule has 5 aromatic rings. The quantitative estimate of drug-likeness (QED) is 0.364. The van der Waals surface area contributed by atoms with E-state index in [1.165, 1.54) is 0 Å². The second-order valence-electron chi connectivity index (χ2n) is 7.65. The highest BCUT2D eigenvalue weighted by molar-refractivity contribution is 6.38. The van der Waals surface area contributed by atoms with Crippen molar-refractivity contribution in [3.05, 3.63) is 96.3 Å². The van der Waals surface area contributed by atoms with Gasteiger partial charge in [-0.15, -0.1) is 0 Å². The number of rotatable bonds is 7. The largest absolute Gasteiger partial charge is 0.473 e. The average Bonchev–Trinajstić information content (AvgIpc) is 3.20. The van der Waals surface area contributed by atoms with Crippen LogP contribution in [0.4, 0.5) is 0 Å². The lowest BCUT2D eigenvalue weighted by Gasteiger charge is -2.12. The summed E-state index contributed by atoms with van der Waals surface area (Å²) in [6.07, 6.45) is 3.38. The molecule has 6 nitrogen and oxygen atoms in total. The zero-order chi connectivity index (χ0) is 22.6. The van der Waals surface area contributed by atoms with Crippen molar-refractivity contribution in [3.8, 4) is 23.0 Å². The summed E-state index contributed by atoms with van der Waals surface area (Å²) < 4.78 is 13.9. The van der Waals surface area contributed by atoms with Crippen LogP contribution in [0, 0.1) is 0 Å². The van der Waals surface area contributed by atoms with E-state index >= 15 is 0 Å². The fourth-order valence-corrected chi connectivity index (χ4v) is 3.71. The van der Waals surface area contributed by atoms with Crippen LogP contribution in [0.2, 0.25) is 0 Å². The van der Waals surface area contributed by atoms with Crippen molar-refractivity contribution in [2.45, 2.75) is 13.2 Å². The van der Waals surface area contributed by atoms with E-state index in [1.54, 1.807) is 17.1 Å². The van der Waals surface area contributed by atoms with Gasteiger partial charge in [0, 0.05) is 30.9 Å². The highest BCUT2D eigenvalue weighted by atomic mass is 16.5. The number of benzene rings is 2. The first-order chi connectivity index (χ1) is 16.2. The molecule has 2 aromatic carbocycles. The molecule has 0 atom stereocenters. The highest BCUT2D eigenvalue weighted by Crippen LogP contribution is 2.34. The number of hydrogen-bond acceptors (Lipinski definition) is 5. The van der Waals surface area contributed by atoms with E-state index in [1.807, 2.05) is 79.8 Å². The molecule has 2 radical (unpaired) electrons. The Morgan fingerprint density at radius 2 is 1.48 bits per heavy atom. The standard InChI is InChI=1S/C26H21BN4O2/c1-31-25-21(14-28-15-22(25)27)24(30-31)20-12-13-23(32-16-18-8-4-2-5-9-18)29-26(20)33-17-19-10-6-3-7-11-19/h2-15H,16-17H2,1H3. The molecule has 0 bridgehead atoms. The topological polar surface area (TPSA) is 62.1 Å². The molecule has 0 saturated heterocycles. The van der Waals surface area contributed by atoms with E-state index in [2.05, 4.69) is 9.97 Å². The van der Waals surface area contributed by atoms with Gasteiger partial charge in [0.15, 0.2) is 0 Å². The first-order valence-corrected chi connectivity index (χ1v) is 10.6. The predicted octanol–water partition coefficient (Wildman–Crippen LogP) is 3.98. The summed E-state index contributed by atoms with van der Waals surface area (Å²) in [5.41, 5.74) is 4.94. The molecule has 0 aliphatic rings. The van der Waals surface area contributed by atoms with Crippen LogP contribution < -0.4 is 14.9 Å². The molecule has 0 fully saturated rings. The zero-order valence-electron chi connectivity index (χ0n) is 18.2. The molecule has 0 aliphatic heterocycles. The van der Waals surface area contributed by atoms with E-state index in [9.17, 15) is 0 Å². The number of hydrogen-bond donors (Lipinski definition) is 0. The number of nitrogens with zero attached hydrogens (tertiary/aromatic N) is 4. The van der Waals surface area contributed by atoms with E-state index in [4.69, 9.17) is 22.4 Å². The van der Waals surface area contributed by atoms with Crippen molar-refractivity contribution in [1.29, 1.82) is 0 Å². The van der Waals surface area contributed by atoms with Crippen LogP contribution in [0.15, 0.2) is 85.2 Å². The van der Waals surface area contributed by atoms with Crippen molar-refractivity contribution in [1.82, 2.24) is 19.7 Å². The zero-order valence-corrected chi connectivity index (χ0v) is 18.2. The molecule has 160 valence electrons. The SMILES string of the molecule is [B]c1cncc2c(-c3ccc(OCc4ccccc4)nc3OCc3ccccc3)nn(C)c12. The van der Waals surface area contributed by atoms with E-state index in [0.717, 1.165) is 27.6 Å². The molecule has 0 unspecified atom stereocenters. The van der Waals surface area contributed by atoms with Crippen LogP contribution in [-0.4, -0.2) is 27.6 Å². The third-order valence-electron chi connectivity index (χ3n) is 5.31. The second-order valence-corrected chi connectivity index (χ2v) is 7.65. The van der Waals surface area contributed by atoms with Crippen molar-refractivity contribution >= 4 is 24.2 Å². The van der Waals surface area contributed by atoms with Gasteiger partial charge in [0.1, 0.15) is 26.8 Å². The monoisotopic (exact) mass is 432 g/mol. The first-order valence-electron chi connectivity index (χ1n) is 10.6.